The second-order valence-electron chi connectivity index (χ2n) is 5.19. The highest BCUT2D eigenvalue weighted by molar-refractivity contribution is 5.79. The first-order valence-corrected chi connectivity index (χ1v) is 7.04. The van der Waals surface area contributed by atoms with E-state index in [4.69, 9.17) is 0 Å². The van der Waals surface area contributed by atoms with Gasteiger partial charge in [-0.15, -0.1) is 0 Å². The highest BCUT2D eigenvalue weighted by Gasteiger charge is 2.07. The van der Waals surface area contributed by atoms with E-state index < -0.39 is 0 Å². The first-order chi connectivity index (χ1) is 10.1. The summed E-state index contributed by atoms with van der Waals surface area (Å²) in [5, 5.41) is 7.52. The van der Waals surface area contributed by atoms with Gasteiger partial charge in [-0.05, 0) is 18.6 Å². The third-order valence-corrected chi connectivity index (χ3v) is 3.46. The Morgan fingerprint density at radius 3 is 2.57 bits per heavy atom. The van der Waals surface area contributed by atoms with E-state index in [1.807, 2.05) is 24.8 Å². The third kappa shape index (κ3) is 4.08. The van der Waals surface area contributed by atoms with Crippen molar-refractivity contribution in [2.45, 2.75) is 20.0 Å². The van der Waals surface area contributed by atoms with Crippen molar-refractivity contribution < 1.29 is 0 Å². The van der Waals surface area contributed by atoms with Crippen molar-refractivity contribution in [1.82, 2.24) is 20.0 Å². The van der Waals surface area contributed by atoms with Gasteiger partial charge in [0.05, 0.1) is 12.2 Å². The van der Waals surface area contributed by atoms with E-state index in [1.54, 1.807) is 13.2 Å². The zero-order valence-electron chi connectivity index (χ0n) is 13.2. The lowest BCUT2D eigenvalue weighted by Crippen LogP contribution is -2.38. The van der Waals surface area contributed by atoms with Gasteiger partial charge >= 0.3 is 0 Å². The minimum atomic E-state index is 0.710. The lowest BCUT2D eigenvalue weighted by atomic mass is 10.1. The molecule has 0 unspecified atom stereocenters. The first-order valence-electron chi connectivity index (χ1n) is 7.04. The maximum absolute atomic E-state index is 4.33. The van der Waals surface area contributed by atoms with E-state index in [9.17, 15) is 0 Å². The SMILES string of the molecule is CN=C(NCc1ccnn1C)N(C)Cc1ccc(C)cc1. The smallest absolute Gasteiger partial charge is 0.194 e. The molecule has 112 valence electrons. The van der Waals surface area contributed by atoms with Crippen LogP contribution in [0.15, 0.2) is 41.5 Å². The molecule has 0 aliphatic carbocycles. The van der Waals surface area contributed by atoms with Crippen LogP contribution in [-0.2, 0) is 20.1 Å². The van der Waals surface area contributed by atoms with Gasteiger partial charge in [-0.1, -0.05) is 29.8 Å². The largest absolute Gasteiger partial charge is 0.351 e. The Hall–Kier alpha value is -2.30. The monoisotopic (exact) mass is 285 g/mol. The molecular formula is C16H23N5. The van der Waals surface area contributed by atoms with Crippen LogP contribution in [0.3, 0.4) is 0 Å². The number of benzene rings is 1. The average Bonchev–Trinajstić information content (AvgIpc) is 2.88. The Labute approximate surface area is 126 Å². The summed E-state index contributed by atoms with van der Waals surface area (Å²) >= 11 is 0. The molecule has 0 aliphatic rings. The molecule has 0 saturated carbocycles. The van der Waals surface area contributed by atoms with Crippen LogP contribution < -0.4 is 5.32 Å². The van der Waals surface area contributed by atoms with Crippen LogP contribution >= 0.6 is 0 Å². The summed E-state index contributed by atoms with van der Waals surface area (Å²) in [4.78, 5) is 6.44. The highest BCUT2D eigenvalue weighted by Crippen LogP contribution is 2.06. The number of hydrogen-bond acceptors (Lipinski definition) is 2. The van der Waals surface area contributed by atoms with Crippen LogP contribution in [-0.4, -0.2) is 34.7 Å². The van der Waals surface area contributed by atoms with E-state index in [-0.39, 0.29) is 0 Å². The molecule has 1 aromatic carbocycles. The van der Waals surface area contributed by atoms with Crippen molar-refractivity contribution in [3.8, 4) is 0 Å². The third-order valence-electron chi connectivity index (χ3n) is 3.46. The molecule has 0 atom stereocenters. The summed E-state index contributed by atoms with van der Waals surface area (Å²) in [5.74, 6) is 0.872. The molecule has 0 bridgehead atoms. The Bertz CT molecular complexity index is 597. The molecule has 1 heterocycles. The number of nitrogens with zero attached hydrogens (tertiary/aromatic N) is 4. The van der Waals surface area contributed by atoms with Gasteiger partial charge in [0.15, 0.2) is 5.96 Å². The summed E-state index contributed by atoms with van der Waals surface area (Å²) in [5.41, 5.74) is 3.67. The van der Waals surface area contributed by atoms with E-state index in [0.717, 1.165) is 18.2 Å². The second-order valence-corrected chi connectivity index (χ2v) is 5.19. The van der Waals surface area contributed by atoms with Gasteiger partial charge in [0, 0.05) is 33.9 Å². The summed E-state index contributed by atoms with van der Waals surface area (Å²) in [6.45, 7) is 3.63. The van der Waals surface area contributed by atoms with Crippen molar-refractivity contribution in [3.05, 3.63) is 53.3 Å². The standard InChI is InChI=1S/C16H23N5/c1-13-5-7-14(8-6-13)12-20(3)16(17-2)18-11-15-9-10-19-21(15)4/h5-10H,11-12H2,1-4H3,(H,17,18). The van der Waals surface area contributed by atoms with E-state index in [0.29, 0.717) is 6.54 Å². The van der Waals surface area contributed by atoms with Gasteiger partial charge in [0.2, 0.25) is 0 Å². The number of nitrogens with one attached hydrogen (secondary N) is 1. The van der Waals surface area contributed by atoms with E-state index in [2.05, 4.69) is 51.5 Å². The topological polar surface area (TPSA) is 45.5 Å². The molecule has 21 heavy (non-hydrogen) atoms. The second kappa shape index (κ2) is 6.92. The quantitative estimate of drug-likeness (QED) is 0.690. The number of rotatable bonds is 4. The maximum atomic E-state index is 4.33. The average molecular weight is 285 g/mol. The molecule has 0 fully saturated rings. The lowest BCUT2D eigenvalue weighted by Gasteiger charge is -2.22. The molecule has 5 nitrogen and oxygen atoms in total. The predicted octanol–water partition coefficient (Wildman–Crippen LogP) is 1.94. The summed E-state index contributed by atoms with van der Waals surface area (Å²) in [6.07, 6.45) is 1.80. The summed E-state index contributed by atoms with van der Waals surface area (Å²) in [7, 11) is 5.78. The molecule has 0 amide bonds. The van der Waals surface area contributed by atoms with Gasteiger partial charge in [0.25, 0.3) is 0 Å². The normalized spacial score (nSPS) is 11.5. The van der Waals surface area contributed by atoms with Crippen molar-refractivity contribution in [3.63, 3.8) is 0 Å². The minimum Gasteiger partial charge on any atom is -0.351 e. The van der Waals surface area contributed by atoms with Crippen LogP contribution in [0.4, 0.5) is 0 Å². The van der Waals surface area contributed by atoms with Crippen LogP contribution in [0.1, 0.15) is 16.8 Å². The Kier molecular flexibility index (Phi) is 4.98. The van der Waals surface area contributed by atoms with Crippen LogP contribution in [0, 0.1) is 6.92 Å². The minimum absolute atomic E-state index is 0.710. The number of guanidine groups is 1. The van der Waals surface area contributed by atoms with Gasteiger partial charge < -0.3 is 10.2 Å². The Morgan fingerprint density at radius 2 is 2.00 bits per heavy atom. The predicted molar refractivity (Wildman–Crippen MR) is 86.1 cm³/mol. The molecule has 2 aromatic rings. The van der Waals surface area contributed by atoms with Gasteiger partial charge in [-0.25, -0.2) is 0 Å². The number of aromatic nitrogens is 2. The zero-order chi connectivity index (χ0) is 15.2. The lowest BCUT2D eigenvalue weighted by molar-refractivity contribution is 0.474. The maximum Gasteiger partial charge on any atom is 0.194 e. The van der Waals surface area contributed by atoms with Crippen molar-refractivity contribution in [2.75, 3.05) is 14.1 Å². The molecule has 0 saturated heterocycles. The van der Waals surface area contributed by atoms with E-state index >= 15 is 0 Å². The fraction of sp³-hybridized carbons (Fsp3) is 0.375. The van der Waals surface area contributed by atoms with Gasteiger partial charge in [0.1, 0.15) is 0 Å². The van der Waals surface area contributed by atoms with Crippen LogP contribution in [0.2, 0.25) is 0 Å². The molecule has 1 aromatic heterocycles. The Balaban J connectivity index is 1.94. The molecule has 0 radical (unpaired) electrons. The van der Waals surface area contributed by atoms with Crippen molar-refractivity contribution in [2.24, 2.45) is 12.0 Å². The molecule has 5 heteroatoms. The molecule has 2 rings (SSSR count). The van der Waals surface area contributed by atoms with Gasteiger partial charge in [-0.3, -0.25) is 9.67 Å². The first kappa shape index (κ1) is 15.1. The number of aliphatic imine (C=N–C) groups is 1. The van der Waals surface area contributed by atoms with Crippen LogP contribution in [0.25, 0.3) is 0 Å². The highest BCUT2D eigenvalue weighted by atomic mass is 15.3. The summed E-state index contributed by atoms with van der Waals surface area (Å²) < 4.78 is 1.86. The van der Waals surface area contributed by atoms with Crippen LogP contribution in [0.5, 0.6) is 0 Å². The van der Waals surface area contributed by atoms with Gasteiger partial charge in [-0.2, -0.15) is 5.10 Å². The molecule has 0 spiro atoms. The van der Waals surface area contributed by atoms with Crippen molar-refractivity contribution in [1.29, 1.82) is 0 Å². The fourth-order valence-corrected chi connectivity index (χ4v) is 2.17. The summed E-state index contributed by atoms with van der Waals surface area (Å²) in [6, 6.07) is 10.6. The fourth-order valence-electron chi connectivity index (χ4n) is 2.17. The Morgan fingerprint density at radius 1 is 1.29 bits per heavy atom. The van der Waals surface area contributed by atoms with Crippen molar-refractivity contribution >= 4 is 5.96 Å². The molecule has 0 aliphatic heterocycles. The number of hydrogen-bond donors (Lipinski definition) is 1. The zero-order valence-corrected chi connectivity index (χ0v) is 13.2. The molecular weight excluding hydrogens is 262 g/mol. The molecule has 1 N–H and O–H groups in total. The number of aryl methyl sites for hydroxylation is 2. The van der Waals surface area contributed by atoms with E-state index in [1.165, 1.54) is 11.1 Å².